The summed E-state index contributed by atoms with van der Waals surface area (Å²) in [6.07, 6.45) is 1.49. The van der Waals surface area contributed by atoms with E-state index in [1.165, 1.54) is 12.1 Å². The molecule has 26 heavy (non-hydrogen) atoms. The molecule has 140 valence electrons. The lowest BCUT2D eigenvalue weighted by atomic mass is 10.1. The van der Waals surface area contributed by atoms with Gasteiger partial charge in [-0.2, -0.15) is 0 Å². The number of primary sulfonamides is 1. The number of sulfonamides is 1. The van der Waals surface area contributed by atoms with Crippen LogP contribution in [0.2, 0.25) is 0 Å². The largest absolute Gasteiger partial charge is 0.354 e. The molecule has 1 aromatic heterocycles. The molecule has 0 bridgehead atoms. The Kier molecular flexibility index (Phi) is 6.64. The SMILES string of the molecule is CCCNc1nc(C)cc(C(=O)NCCc2ccc(S(N)(=O)=O)cc2)n1. The number of anilines is 1. The number of benzene rings is 1. The van der Waals surface area contributed by atoms with E-state index in [-0.39, 0.29) is 10.8 Å². The van der Waals surface area contributed by atoms with E-state index in [9.17, 15) is 13.2 Å². The first kappa shape index (κ1) is 19.8. The second kappa shape index (κ2) is 8.72. The quantitative estimate of drug-likeness (QED) is 0.635. The number of nitrogens with zero attached hydrogens (tertiary/aromatic N) is 2. The molecule has 2 rings (SSSR count). The van der Waals surface area contributed by atoms with Crippen molar-refractivity contribution in [1.29, 1.82) is 0 Å². The van der Waals surface area contributed by atoms with Crippen LogP contribution in [0.3, 0.4) is 0 Å². The van der Waals surface area contributed by atoms with E-state index < -0.39 is 10.0 Å². The second-order valence-corrected chi connectivity index (χ2v) is 7.40. The van der Waals surface area contributed by atoms with Crippen molar-refractivity contribution < 1.29 is 13.2 Å². The van der Waals surface area contributed by atoms with Crippen LogP contribution in [-0.4, -0.2) is 37.4 Å². The lowest BCUT2D eigenvalue weighted by Crippen LogP contribution is -2.27. The Bertz CT molecular complexity index is 866. The maximum Gasteiger partial charge on any atom is 0.270 e. The van der Waals surface area contributed by atoms with Gasteiger partial charge < -0.3 is 10.6 Å². The summed E-state index contributed by atoms with van der Waals surface area (Å²) in [7, 11) is -3.69. The van der Waals surface area contributed by atoms with Crippen LogP contribution in [0, 0.1) is 6.92 Å². The van der Waals surface area contributed by atoms with Crippen LogP contribution < -0.4 is 15.8 Å². The van der Waals surface area contributed by atoms with Crippen molar-refractivity contribution in [1.82, 2.24) is 15.3 Å². The predicted octanol–water partition coefficient (Wildman–Crippen LogP) is 1.23. The summed E-state index contributed by atoms with van der Waals surface area (Å²) in [5.41, 5.74) is 1.91. The molecule has 2 aromatic rings. The number of rotatable bonds is 8. The highest BCUT2D eigenvalue weighted by Crippen LogP contribution is 2.09. The molecule has 0 fully saturated rings. The fraction of sp³-hybridized carbons (Fsp3) is 0.353. The van der Waals surface area contributed by atoms with Crippen LogP contribution in [0.15, 0.2) is 35.2 Å². The Morgan fingerprint density at radius 3 is 2.46 bits per heavy atom. The molecule has 0 spiro atoms. The molecular weight excluding hydrogens is 354 g/mol. The van der Waals surface area contributed by atoms with Gasteiger partial charge in [-0.05, 0) is 43.5 Å². The van der Waals surface area contributed by atoms with Crippen LogP contribution >= 0.6 is 0 Å². The normalized spacial score (nSPS) is 11.2. The maximum atomic E-state index is 12.3. The molecule has 0 saturated heterocycles. The van der Waals surface area contributed by atoms with Crippen molar-refractivity contribution in [3.63, 3.8) is 0 Å². The molecule has 1 heterocycles. The smallest absolute Gasteiger partial charge is 0.270 e. The molecule has 0 aliphatic heterocycles. The Hall–Kier alpha value is -2.52. The lowest BCUT2D eigenvalue weighted by molar-refractivity contribution is 0.0949. The Morgan fingerprint density at radius 1 is 1.15 bits per heavy atom. The van der Waals surface area contributed by atoms with E-state index in [4.69, 9.17) is 5.14 Å². The van der Waals surface area contributed by atoms with E-state index in [1.807, 2.05) is 13.8 Å². The molecule has 1 amide bonds. The summed E-state index contributed by atoms with van der Waals surface area (Å²) in [5.74, 6) is 0.159. The molecule has 4 N–H and O–H groups in total. The first-order valence-corrected chi connectivity index (χ1v) is 9.83. The average Bonchev–Trinajstić information content (AvgIpc) is 2.59. The van der Waals surface area contributed by atoms with Gasteiger partial charge in [-0.15, -0.1) is 0 Å². The van der Waals surface area contributed by atoms with Gasteiger partial charge in [-0.1, -0.05) is 19.1 Å². The van der Waals surface area contributed by atoms with Gasteiger partial charge in [-0.3, -0.25) is 4.79 Å². The van der Waals surface area contributed by atoms with E-state index in [0.717, 1.165) is 18.5 Å². The molecule has 0 radical (unpaired) electrons. The predicted molar refractivity (Wildman–Crippen MR) is 99.4 cm³/mol. The molecule has 9 heteroatoms. The minimum absolute atomic E-state index is 0.0638. The summed E-state index contributed by atoms with van der Waals surface area (Å²) < 4.78 is 22.5. The van der Waals surface area contributed by atoms with Crippen molar-refractivity contribution in [2.45, 2.75) is 31.6 Å². The molecule has 0 unspecified atom stereocenters. The zero-order valence-electron chi connectivity index (χ0n) is 14.8. The van der Waals surface area contributed by atoms with Crippen LogP contribution in [0.1, 0.15) is 35.1 Å². The number of nitrogens with two attached hydrogens (primary N) is 1. The Labute approximate surface area is 153 Å². The number of aryl methyl sites for hydroxylation is 1. The maximum absolute atomic E-state index is 12.3. The third-order valence-electron chi connectivity index (χ3n) is 3.57. The molecule has 0 aliphatic carbocycles. The number of hydrogen-bond donors (Lipinski definition) is 3. The number of aromatic nitrogens is 2. The van der Waals surface area contributed by atoms with Gasteiger partial charge in [0.05, 0.1) is 4.90 Å². The van der Waals surface area contributed by atoms with E-state index in [0.29, 0.717) is 30.3 Å². The van der Waals surface area contributed by atoms with Crippen molar-refractivity contribution in [2.24, 2.45) is 5.14 Å². The van der Waals surface area contributed by atoms with Gasteiger partial charge in [-0.25, -0.2) is 23.5 Å². The van der Waals surface area contributed by atoms with Crippen molar-refractivity contribution in [3.05, 3.63) is 47.3 Å². The van der Waals surface area contributed by atoms with Crippen LogP contribution in [-0.2, 0) is 16.4 Å². The van der Waals surface area contributed by atoms with E-state index in [1.54, 1.807) is 18.2 Å². The monoisotopic (exact) mass is 377 g/mol. The van der Waals surface area contributed by atoms with Gasteiger partial charge in [0.1, 0.15) is 5.69 Å². The highest BCUT2D eigenvalue weighted by Gasteiger charge is 2.11. The van der Waals surface area contributed by atoms with Gasteiger partial charge in [0.2, 0.25) is 16.0 Å². The van der Waals surface area contributed by atoms with Crippen LogP contribution in [0.4, 0.5) is 5.95 Å². The highest BCUT2D eigenvalue weighted by molar-refractivity contribution is 7.89. The standard InChI is InChI=1S/C17H23N5O3S/c1-3-9-20-17-21-12(2)11-15(22-17)16(23)19-10-8-13-4-6-14(7-5-13)26(18,24)25/h4-7,11H,3,8-10H2,1-2H3,(H,19,23)(H2,18,24,25)(H,20,21,22). The van der Waals surface area contributed by atoms with Gasteiger partial charge in [0.15, 0.2) is 0 Å². The molecule has 0 saturated carbocycles. The third-order valence-corrected chi connectivity index (χ3v) is 4.50. The number of carbonyl (C=O) groups is 1. The summed E-state index contributed by atoms with van der Waals surface area (Å²) >= 11 is 0. The molecule has 0 atom stereocenters. The molecule has 1 aromatic carbocycles. The Balaban J connectivity index is 1.93. The van der Waals surface area contributed by atoms with E-state index >= 15 is 0 Å². The zero-order valence-corrected chi connectivity index (χ0v) is 15.6. The minimum Gasteiger partial charge on any atom is -0.354 e. The van der Waals surface area contributed by atoms with E-state index in [2.05, 4.69) is 20.6 Å². The number of carbonyl (C=O) groups excluding carboxylic acids is 1. The zero-order chi connectivity index (χ0) is 19.2. The number of amides is 1. The fourth-order valence-corrected chi connectivity index (χ4v) is 2.77. The molecule has 8 nitrogen and oxygen atoms in total. The fourth-order valence-electron chi connectivity index (χ4n) is 2.26. The van der Waals surface area contributed by atoms with Crippen molar-refractivity contribution >= 4 is 21.9 Å². The third kappa shape index (κ3) is 5.78. The molecular formula is C17H23N5O3S. The first-order chi connectivity index (χ1) is 12.3. The topological polar surface area (TPSA) is 127 Å². The summed E-state index contributed by atoms with van der Waals surface area (Å²) in [6.45, 7) is 4.97. The second-order valence-electron chi connectivity index (χ2n) is 5.84. The van der Waals surface area contributed by atoms with Crippen LogP contribution in [0.25, 0.3) is 0 Å². The summed E-state index contributed by atoms with van der Waals surface area (Å²) in [5, 5.41) is 10.9. The van der Waals surface area contributed by atoms with Crippen LogP contribution in [0.5, 0.6) is 0 Å². The lowest BCUT2D eigenvalue weighted by Gasteiger charge is -2.08. The number of hydrogen-bond acceptors (Lipinski definition) is 6. The Morgan fingerprint density at radius 2 is 1.85 bits per heavy atom. The van der Waals surface area contributed by atoms with Gasteiger partial charge >= 0.3 is 0 Å². The van der Waals surface area contributed by atoms with Gasteiger partial charge in [0, 0.05) is 18.8 Å². The van der Waals surface area contributed by atoms with Gasteiger partial charge in [0.25, 0.3) is 5.91 Å². The van der Waals surface area contributed by atoms with Crippen molar-refractivity contribution in [2.75, 3.05) is 18.4 Å². The number of nitrogens with one attached hydrogen (secondary N) is 2. The molecule has 0 aliphatic rings. The average molecular weight is 377 g/mol. The summed E-state index contributed by atoms with van der Waals surface area (Å²) in [4.78, 5) is 20.8. The highest BCUT2D eigenvalue weighted by atomic mass is 32.2. The minimum atomic E-state index is -3.69. The first-order valence-electron chi connectivity index (χ1n) is 8.29. The van der Waals surface area contributed by atoms with Crippen molar-refractivity contribution in [3.8, 4) is 0 Å². The summed E-state index contributed by atoms with van der Waals surface area (Å²) in [6, 6.07) is 7.88.